The zero-order valence-electron chi connectivity index (χ0n) is 21.8. The number of ether oxygens (including phenoxy) is 1. The smallest absolute Gasteiger partial charge is 0.410 e. The summed E-state index contributed by atoms with van der Waals surface area (Å²) < 4.78 is 21.0. The molecule has 5 N–H and O–H groups in total. The van der Waals surface area contributed by atoms with E-state index in [1.807, 2.05) is 6.07 Å². The predicted octanol–water partition coefficient (Wildman–Crippen LogP) is 2.38. The van der Waals surface area contributed by atoms with Gasteiger partial charge in [0.15, 0.2) is 11.6 Å². The van der Waals surface area contributed by atoms with Crippen molar-refractivity contribution in [1.29, 1.82) is 5.26 Å². The van der Waals surface area contributed by atoms with Gasteiger partial charge in [-0.15, -0.1) is 0 Å². The van der Waals surface area contributed by atoms with Crippen LogP contribution in [-0.2, 0) is 4.74 Å². The molecule has 1 amide bonds. The molecule has 0 radical (unpaired) electrons. The van der Waals surface area contributed by atoms with Crippen molar-refractivity contribution in [2.75, 3.05) is 48.0 Å². The first-order valence-corrected chi connectivity index (χ1v) is 12.4. The zero-order valence-corrected chi connectivity index (χ0v) is 22.6. The predicted molar refractivity (Wildman–Crippen MR) is 144 cm³/mol. The van der Waals surface area contributed by atoms with Crippen LogP contribution in [0.2, 0.25) is 5.02 Å². The second-order valence-electron chi connectivity index (χ2n) is 9.96. The SMILES string of the molecule is CC(Nc1nc(N)nc(N)c1C#N)c1nc2c(Cl)cc(F)cc2c(=O)n1N1CCN(C(=O)OC(C)(C)C)CC1. The Morgan fingerprint density at radius 2 is 1.87 bits per heavy atom. The number of halogens is 2. The van der Waals surface area contributed by atoms with Gasteiger partial charge in [-0.05, 0) is 39.8 Å². The molecule has 0 aliphatic carbocycles. The summed E-state index contributed by atoms with van der Waals surface area (Å²) in [4.78, 5) is 40.3. The minimum absolute atomic E-state index is 0.0150. The maximum atomic E-state index is 14.2. The number of hydrogen-bond acceptors (Lipinski definition) is 11. The lowest BCUT2D eigenvalue weighted by molar-refractivity contribution is 0.0231. The summed E-state index contributed by atoms with van der Waals surface area (Å²) >= 11 is 6.27. The molecule has 1 fully saturated rings. The second kappa shape index (κ2) is 10.4. The second-order valence-corrected chi connectivity index (χ2v) is 10.4. The third kappa shape index (κ3) is 5.73. The molecule has 1 aliphatic rings. The summed E-state index contributed by atoms with van der Waals surface area (Å²) in [6, 6.07) is 3.34. The van der Waals surface area contributed by atoms with E-state index in [4.69, 9.17) is 27.8 Å². The lowest BCUT2D eigenvalue weighted by atomic mass is 10.2. The molecule has 1 atom stereocenters. The molecular weight excluding hydrogens is 531 g/mol. The molecule has 3 aromatic rings. The number of amides is 1. The quantitative estimate of drug-likeness (QED) is 0.427. The van der Waals surface area contributed by atoms with Gasteiger partial charge in [-0.25, -0.2) is 18.8 Å². The van der Waals surface area contributed by atoms with Crippen LogP contribution in [0.15, 0.2) is 16.9 Å². The molecule has 0 bridgehead atoms. The molecule has 206 valence electrons. The number of nitrogens with one attached hydrogen (secondary N) is 1. The van der Waals surface area contributed by atoms with Crippen molar-refractivity contribution < 1.29 is 13.9 Å². The number of rotatable bonds is 4. The van der Waals surface area contributed by atoms with E-state index in [-0.39, 0.29) is 71.1 Å². The van der Waals surface area contributed by atoms with Crippen LogP contribution >= 0.6 is 11.6 Å². The van der Waals surface area contributed by atoms with Crippen LogP contribution in [-0.4, -0.2) is 62.4 Å². The van der Waals surface area contributed by atoms with Gasteiger partial charge in [-0.2, -0.15) is 15.2 Å². The van der Waals surface area contributed by atoms with E-state index < -0.39 is 29.1 Å². The number of fused-ring (bicyclic) bond motifs is 1. The van der Waals surface area contributed by atoms with E-state index in [0.717, 1.165) is 12.1 Å². The first-order chi connectivity index (χ1) is 18.3. The fourth-order valence-electron chi connectivity index (χ4n) is 4.16. The lowest BCUT2D eigenvalue weighted by Crippen LogP contribution is -2.57. The number of anilines is 3. The van der Waals surface area contributed by atoms with Crippen molar-refractivity contribution >= 4 is 46.2 Å². The van der Waals surface area contributed by atoms with Gasteiger partial charge in [-0.1, -0.05) is 11.6 Å². The number of carbonyl (C=O) groups excluding carboxylic acids is 1. The minimum Gasteiger partial charge on any atom is -0.444 e. The molecule has 4 rings (SSSR count). The van der Waals surface area contributed by atoms with Crippen LogP contribution < -0.4 is 27.4 Å². The van der Waals surface area contributed by atoms with Crippen molar-refractivity contribution in [3.63, 3.8) is 0 Å². The Bertz CT molecular complexity index is 1540. The number of nitrogens with two attached hydrogens (primary N) is 2. The number of nitrogens with zero attached hydrogens (tertiary/aromatic N) is 7. The largest absolute Gasteiger partial charge is 0.444 e. The van der Waals surface area contributed by atoms with E-state index in [2.05, 4.69) is 20.3 Å². The number of hydrogen-bond donors (Lipinski definition) is 3. The van der Waals surface area contributed by atoms with Crippen molar-refractivity contribution in [3.05, 3.63) is 44.7 Å². The number of carbonyl (C=O) groups is 1. The fraction of sp³-hybridized carbons (Fsp3) is 0.417. The Morgan fingerprint density at radius 1 is 1.21 bits per heavy atom. The molecule has 2 aromatic heterocycles. The van der Waals surface area contributed by atoms with E-state index >= 15 is 0 Å². The maximum Gasteiger partial charge on any atom is 0.410 e. The molecule has 13 nitrogen and oxygen atoms in total. The molecule has 1 aromatic carbocycles. The van der Waals surface area contributed by atoms with Crippen LogP contribution in [0.1, 0.15) is 45.1 Å². The van der Waals surface area contributed by atoms with Crippen LogP contribution in [0.25, 0.3) is 10.9 Å². The van der Waals surface area contributed by atoms with Gasteiger partial charge >= 0.3 is 6.09 Å². The highest BCUT2D eigenvalue weighted by Gasteiger charge is 2.29. The number of aromatic nitrogens is 4. The Kier molecular flexibility index (Phi) is 7.38. The van der Waals surface area contributed by atoms with Crippen molar-refractivity contribution in [2.45, 2.75) is 39.3 Å². The Balaban J connectivity index is 1.76. The van der Waals surface area contributed by atoms with Gasteiger partial charge < -0.3 is 31.4 Å². The molecule has 0 spiro atoms. The Morgan fingerprint density at radius 3 is 2.49 bits per heavy atom. The van der Waals surface area contributed by atoms with Crippen molar-refractivity contribution in [3.8, 4) is 6.07 Å². The van der Waals surface area contributed by atoms with E-state index in [0.29, 0.717) is 0 Å². The number of piperazine rings is 1. The first-order valence-electron chi connectivity index (χ1n) is 12.0. The van der Waals surface area contributed by atoms with Gasteiger partial charge in [0.1, 0.15) is 28.9 Å². The lowest BCUT2D eigenvalue weighted by Gasteiger charge is -2.38. The summed E-state index contributed by atoms with van der Waals surface area (Å²) in [5.41, 5.74) is 10.4. The molecule has 39 heavy (non-hydrogen) atoms. The highest BCUT2D eigenvalue weighted by molar-refractivity contribution is 6.35. The normalized spacial score (nSPS) is 14.7. The van der Waals surface area contributed by atoms with E-state index in [1.165, 1.54) is 4.68 Å². The summed E-state index contributed by atoms with van der Waals surface area (Å²) in [6.45, 7) is 8.07. The Hall–Kier alpha value is -4.38. The van der Waals surface area contributed by atoms with Gasteiger partial charge in [0.05, 0.1) is 35.1 Å². The Labute approximate surface area is 228 Å². The van der Waals surface area contributed by atoms with Crippen molar-refractivity contribution in [2.24, 2.45) is 0 Å². The molecule has 3 heterocycles. The average Bonchev–Trinajstić information content (AvgIpc) is 2.83. The molecular formula is C24H28ClFN10O3. The van der Waals surface area contributed by atoms with Crippen LogP contribution in [0.4, 0.5) is 26.8 Å². The third-order valence-electron chi connectivity index (χ3n) is 5.89. The summed E-state index contributed by atoms with van der Waals surface area (Å²) in [5.74, 6) is -0.693. The van der Waals surface area contributed by atoms with Gasteiger partial charge in [-0.3, -0.25) is 4.79 Å². The average molecular weight is 559 g/mol. The van der Waals surface area contributed by atoms with E-state index in [9.17, 15) is 19.2 Å². The third-order valence-corrected chi connectivity index (χ3v) is 6.18. The van der Waals surface area contributed by atoms with Gasteiger partial charge in [0.2, 0.25) is 5.95 Å². The maximum absolute atomic E-state index is 14.2. The monoisotopic (exact) mass is 558 g/mol. The minimum atomic E-state index is -0.743. The molecule has 1 saturated heterocycles. The summed E-state index contributed by atoms with van der Waals surface area (Å²) in [6.07, 6.45) is -0.460. The topological polar surface area (TPSA) is 181 Å². The number of nitriles is 1. The summed E-state index contributed by atoms with van der Waals surface area (Å²) in [5, 5.41) is 14.2. The van der Waals surface area contributed by atoms with Crippen LogP contribution in [0.5, 0.6) is 0 Å². The highest BCUT2D eigenvalue weighted by atomic mass is 35.5. The molecule has 1 aliphatic heterocycles. The zero-order chi connectivity index (χ0) is 28.6. The van der Waals surface area contributed by atoms with Gasteiger partial charge in [0, 0.05) is 13.1 Å². The molecule has 1 unspecified atom stereocenters. The summed E-state index contributed by atoms with van der Waals surface area (Å²) in [7, 11) is 0. The fourth-order valence-corrected chi connectivity index (χ4v) is 4.41. The number of benzene rings is 1. The van der Waals surface area contributed by atoms with Crippen LogP contribution in [0.3, 0.4) is 0 Å². The first kappa shape index (κ1) is 27.6. The molecule has 15 heteroatoms. The molecule has 0 saturated carbocycles. The standard InChI is InChI=1S/C24H28ClFN10O3/c1-12(30-19-15(11-27)18(28)32-22(29)33-19)20-31-17-14(9-13(26)10-16(17)25)21(37)36(20)35-7-5-34(6-8-35)23(38)39-24(2,3)4/h9-10,12H,5-8H2,1-4H3,(H5,28,29,30,32,33). The van der Waals surface area contributed by atoms with Crippen molar-refractivity contribution in [1.82, 2.24) is 24.5 Å². The van der Waals surface area contributed by atoms with E-state index in [1.54, 1.807) is 37.6 Å². The van der Waals surface area contributed by atoms with Gasteiger partial charge in [0.25, 0.3) is 5.56 Å². The highest BCUT2D eigenvalue weighted by Crippen LogP contribution is 2.27. The number of nitrogen functional groups attached to an aromatic ring is 2. The van der Waals surface area contributed by atoms with Crippen LogP contribution in [0, 0.1) is 17.1 Å².